The quantitative estimate of drug-likeness (QED) is 0.306. The fourth-order valence-electron chi connectivity index (χ4n) is 9.10. The average molecular weight is 710 g/mol. The SMILES string of the molecule is CC[C@H]1OC(=O)[C@H](C)C(=O)[C@H](C)[C@@H](O[C@@H]2O[C@H](C)C[C@H](N(C)C)[C@H]2O)[C@](C)(OC)C[C@@H](C)C(=O)[C@H](C)[C@H]2N(C[C@H]3CCCN3C)C(=O)O[C@]12C. The summed E-state index contributed by atoms with van der Waals surface area (Å²) in [6.45, 7) is 15.4. The summed E-state index contributed by atoms with van der Waals surface area (Å²) < 4.78 is 31.1. The number of likely N-dealkylation sites (tertiary alicyclic amines) is 1. The third-order valence-corrected chi connectivity index (χ3v) is 12.2. The van der Waals surface area contributed by atoms with Crippen LogP contribution in [0.15, 0.2) is 0 Å². The van der Waals surface area contributed by atoms with E-state index in [0.29, 0.717) is 19.4 Å². The van der Waals surface area contributed by atoms with Crippen LogP contribution in [0.4, 0.5) is 4.79 Å². The van der Waals surface area contributed by atoms with Crippen molar-refractivity contribution >= 4 is 23.6 Å². The summed E-state index contributed by atoms with van der Waals surface area (Å²) in [5.41, 5.74) is -2.59. The molecule has 14 atom stereocenters. The number of Topliss-reactive ketones (excluding diaryl/α,β-unsaturated/α-hetero) is 2. The number of methoxy groups -OCH3 is 1. The molecule has 1 amide bonds. The van der Waals surface area contributed by atoms with Gasteiger partial charge in [-0.25, -0.2) is 4.79 Å². The minimum absolute atomic E-state index is 0.0985. The molecule has 4 rings (SSSR count). The number of amides is 1. The molecule has 4 heterocycles. The third-order valence-electron chi connectivity index (χ3n) is 12.2. The van der Waals surface area contributed by atoms with Gasteiger partial charge in [-0.1, -0.05) is 27.7 Å². The maximum absolute atomic E-state index is 14.6. The molecule has 0 aromatic rings. The Labute approximate surface area is 298 Å². The number of hydrogen-bond donors (Lipinski definition) is 1. The minimum atomic E-state index is -1.35. The minimum Gasteiger partial charge on any atom is -0.458 e. The fraction of sp³-hybridized carbons (Fsp3) is 0.892. The topological polar surface area (TPSA) is 144 Å². The Morgan fingerprint density at radius 3 is 2.24 bits per heavy atom. The summed E-state index contributed by atoms with van der Waals surface area (Å²) in [7, 11) is 7.29. The number of nitrogens with zero attached hydrogens (tertiary/aromatic N) is 3. The van der Waals surface area contributed by atoms with E-state index in [-0.39, 0.29) is 30.4 Å². The molecule has 1 N–H and O–H groups in total. The van der Waals surface area contributed by atoms with Gasteiger partial charge in [0.1, 0.15) is 23.9 Å². The van der Waals surface area contributed by atoms with Crippen LogP contribution in [0.2, 0.25) is 0 Å². The van der Waals surface area contributed by atoms with Crippen LogP contribution < -0.4 is 0 Å². The van der Waals surface area contributed by atoms with E-state index in [9.17, 15) is 24.3 Å². The van der Waals surface area contributed by atoms with Crippen molar-refractivity contribution in [3.05, 3.63) is 0 Å². The molecule has 0 aromatic carbocycles. The van der Waals surface area contributed by atoms with Crippen molar-refractivity contribution in [1.29, 1.82) is 0 Å². The van der Waals surface area contributed by atoms with Gasteiger partial charge in [-0.2, -0.15) is 0 Å². The van der Waals surface area contributed by atoms with Crippen LogP contribution in [0.25, 0.3) is 0 Å². The number of hydrogen-bond acceptors (Lipinski definition) is 12. The van der Waals surface area contributed by atoms with E-state index in [1.165, 1.54) is 14.0 Å². The van der Waals surface area contributed by atoms with Crippen molar-refractivity contribution < 1.29 is 48.0 Å². The molecule has 13 nitrogen and oxygen atoms in total. The first-order valence-electron chi connectivity index (χ1n) is 18.5. The van der Waals surface area contributed by atoms with Crippen molar-refractivity contribution in [3.8, 4) is 0 Å². The van der Waals surface area contributed by atoms with Crippen molar-refractivity contribution in [2.45, 2.75) is 148 Å². The molecule has 0 unspecified atom stereocenters. The lowest BCUT2D eigenvalue weighted by Gasteiger charge is -2.47. The van der Waals surface area contributed by atoms with Crippen LogP contribution in [0.1, 0.15) is 87.5 Å². The maximum atomic E-state index is 14.6. The molecule has 4 aliphatic rings. The fourth-order valence-corrected chi connectivity index (χ4v) is 9.10. The molecule has 0 bridgehead atoms. The molecule has 4 aliphatic heterocycles. The number of aliphatic hydroxyl groups excluding tert-OH is 1. The summed E-state index contributed by atoms with van der Waals surface area (Å²) in [5.74, 6) is -4.75. The summed E-state index contributed by atoms with van der Waals surface area (Å²) in [6, 6.07) is -0.900. The van der Waals surface area contributed by atoms with Crippen molar-refractivity contribution in [3.63, 3.8) is 0 Å². The summed E-state index contributed by atoms with van der Waals surface area (Å²) >= 11 is 0. The molecule has 50 heavy (non-hydrogen) atoms. The van der Waals surface area contributed by atoms with Crippen LogP contribution in [0.3, 0.4) is 0 Å². The van der Waals surface area contributed by atoms with Crippen molar-refractivity contribution in [1.82, 2.24) is 14.7 Å². The van der Waals surface area contributed by atoms with E-state index in [2.05, 4.69) is 4.90 Å². The van der Waals surface area contributed by atoms with Crippen molar-refractivity contribution in [2.75, 3.05) is 41.3 Å². The van der Waals surface area contributed by atoms with Gasteiger partial charge in [0.15, 0.2) is 17.7 Å². The molecule has 0 aromatic heterocycles. The Kier molecular flexibility index (Phi) is 12.9. The van der Waals surface area contributed by atoms with Crippen molar-refractivity contribution in [2.24, 2.45) is 23.7 Å². The second-order valence-electron chi connectivity index (χ2n) is 16.1. The first kappa shape index (κ1) is 40.6. The van der Waals surface area contributed by atoms with Crippen LogP contribution in [0, 0.1) is 23.7 Å². The molecule has 13 heteroatoms. The number of ketones is 2. The number of esters is 1. The van der Waals surface area contributed by atoms with Crippen LogP contribution in [-0.4, -0.2) is 145 Å². The van der Waals surface area contributed by atoms with Gasteiger partial charge in [0.2, 0.25) is 0 Å². The smallest absolute Gasteiger partial charge is 0.410 e. The monoisotopic (exact) mass is 709 g/mol. The Balaban J connectivity index is 1.78. The highest BCUT2D eigenvalue weighted by Gasteiger charge is 2.61. The molecular weight excluding hydrogens is 646 g/mol. The second kappa shape index (κ2) is 15.8. The molecule has 0 spiro atoms. The van der Waals surface area contributed by atoms with Crippen LogP contribution in [-0.2, 0) is 38.1 Å². The highest BCUT2D eigenvalue weighted by molar-refractivity contribution is 6.00. The molecule has 286 valence electrons. The van der Waals surface area contributed by atoms with E-state index in [1.54, 1.807) is 25.7 Å². The summed E-state index contributed by atoms with van der Waals surface area (Å²) in [5, 5.41) is 11.4. The number of likely N-dealkylation sites (N-methyl/N-ethyl adjacent to an activating group) is 2. The van der Waals surface area contributed by atoms with E-state index in [1.807, 2.05) is 53.7 Å². The zero-order chi connectivity index (χ0) is 37.5. The van der Waals surface area contributed by atoms with Gasteiger partial charge in [-0.15, -0.1) is 0 Å². The molecule has 0 radical (unpaired) electrons. The van der Waals surface area contributed by atoms with Gasteiger partial charge >= 0.3 is 12.1 Å². The molecule has 4 fully saturated rings. The normalized spacial score (nSPS) is 44.2. The zero-order valence-electron chi connectivity index (χ0n) is 32.3. The first-order chi connectivity index (χ1) is 23.3. The predicted molar refractivity (Wildman–Crippen MR) is 185 cm³/mol. The van der Waals surface area contributed by atoms with E-state index in [0.717, 1.165) is 19.4 Å². The highest BCUT2D eigenvalue weighted by atomic mass is 16.7. The summed E-state index contributed by atoms with van der Waals surface area (Å²) in [6.07, 6.45) is -1.90. The van der Waals surface area contributed by atoms with E-state index < -0.39 is 83.4 Å². The number of cyclic esters (lactones) is 1. The Hall–Kier alpha value is -2.16. The Morgan fingerprint density at radius 2 is 1.68 bits per heavy atom. The molecular formula is C37H63N3O10. The van der Waals surface area contributed by atoms with E-state index >= 15 is 0 Å². The lowest BCUT2D eigenvalue weighted by atomic mass is 9.73. The number of aliphatic hydroxyl groups is 1. The lowest BCUT2D eigenvalue weighted by molar-refractivity contribution is -0.295. The van der Waals surface area contributed by atoms with Crippen LogP contribution in [0.5, 0.6) is 0 Å². The van der Waals surface area contributed by atoms with Gasteiger partial charge in [0, 0.05) is 43.5 Å². The molecule has 4 saturated heterocycles. The number of ether oxygens (including phenoxy) is 5. The standard InChI is InChI=1S/C37H63N3O10/c1-13-27-37(8)31(40(35(45)50-37)19-25-15-14-16-39(25)11)22(4)28(41)20(2)18-36(7,46-12)32(23(5)29(42)24(6)33(44)48-27)49-34-30(43)26(38(9)10)17-21(3)47-34/h20-27,30-32,34,43H,13-19H2,1-12H3/t20-,21-,22+,23+,24-,25-,26+,27-,30-,31-,32-,34+,36-,37-/m1/s1. The number of carbonyl (C=O) groups is 4. The largest absolute Gasteiger partial charge is 0.458 e. The number of carbonyl (C=O) groups excluding carboxylic acids is 4. The molecule has 0 aliphatic carbocycles. The summed E-state index contributed by atoms with van der Waals surface area (Å²) in [4.78, 5) is 62.2. The van der Waals surface area contributed by atoms with Gasteiger partial charge in [-0.05, 0) is 87.5 Å². The average Bonchev–Trinajstić information content (AvgIpc) is 3.59. The lowest BCUT2D eigenvalue weighted by Crippen LogP contribution is -2.60. The van der Waals surface area contributed by atoms with E-state index in [4.69, 9.17) is 23.7 Å². The van der Waals surface area contributed by atoms with Gasteiger partial charge in [0.25, 0.3) is 0 Å². The molecule has 0 saturated carbocycles. The zero-order valence-corrected chi connectivity index (χ0v) is 32.3. The van der Waals surface area contributed by atoms with Gasteiger partial charge in [0.05, 0.1) is 23.9 Å². The third kappa shape index (κ3) is 7.78. The van der Waals surface area contributed by atoms with Gasteiger partial charge < -0.3 is 38.6 Å². The van der Waals surface area contributed by atoms with Gasteiger partial charge in [-0.3, -0.25) is 19.3 Å². The Bertz CT molecular complexity index is 1250. The first-order valence-corrected chi connectivity index (χ1v) is 18.5. The second-order valence-corrected chi connectivity index (χ2v) is 16.1. The maximum Gasteiger partial charge on any atom is 0.410 e. The predicted octanol–water partition coefficient (Wildman–Crippen LogP) is 3.28. The number of fused-ring (bicyclic) bond motifs is 1. The number of rotatable bonds is 7. The van der Waals surface area contributed by atoms with Crippen LogP contribution >= 0.6 is 0 Å². The highest BCUT2D eigenvalue weighted by Crippen LogP contribution is 2.43. The Morgan fingerprint density at radius 1 is 1.02 bits per heavy atom.